The first-order valence-corrected chi connectivity index (χ1v) is 7.25. The van der Waals surface area contributed by atoms with Crippen molar-refractivity contribution in [2.45, 2.75) is 51.7 Å². The van der Waals surface area contributed by atoms with Crippen LogP contribution in [0.2, 0.25) is 0 Å². The summed E-state index contributed by atoms with van der Waals surface area (Å²) in [6.07, 6.45) is 4.92. The highest BCUT2D eigenvalue weighted by Crippen LogP contribution is 2.48. The van der Waals surface area contributed by atoms with E-state index in [0.717, 1.165) is 37.7 Å². The fourth-order valence-corrected chi connectivity index (χ4v) is 3.76. The van der Waals surface area contributed by atoms with Crippen LogP contribution in [0.15, 0.2) is 23.3 Å². The van der Waals surface area contributed by atoms with Crippen LogP contribution >= 0.6 is 0 Å². The van der Waals surface area contributed by atoms with Crippen molar-refractivity contribution in [2.75, 3.05) is 0 Å². The molecule has 0 amide bonds. The van der Waals surface area contributed by atoms with Gasteiger partial charge in [-0.05, 0) is 43.1 Å². The van der Waals surface area contributed by atoms with Crippen LogP contribution in [-0.4, -0.2) is 17.7 Å². The number of cyclic esters (lactones) is 2. The van der Waals surface area contributed by atoms with Crippen LogP contribution in [0.1, 0.15) is 46.0 Å². The lowest BCUT2D eigenvalue weighted by Crippen LogP contribution is -2.44. The zero-order valence-electron chi connectivity index (χ0n) is 12.0. The minimum Gasteiger partial charge on any atom is -0.419 e. The first kappa shape index (κ1) is 13.4. The molecule has 2 saturated carbocycles. The van der Waals surface area contributed by atoms with Gasteiger partial charge in [-0.3, -0.25) is 0 Å². The molecule has 0 aromatic heterocycles. The third-order valence-corrected chi connectivity index (χ3v) is 4.43. The summed E-state index contributed by atoms with van der Waals surface area (Å²) in [7, 11) is 0. The quantitative estimate of drug-likeness (QED) is 0.295. The summed E-state index contributed by atoms with van der Waals surface area (Å²) in [5.41, 5.74) is 2.35. The number of hydrogen-bond acceptors (Lipinski definition) is 4. The highest BCUT2D eigenvalue weighted by atomic mass is 16.7. The first-order chi connectivity index (χ1) is 9.37. The number of hydrogen-bond donors (Lipinski definition) is 0. The monoisotopic (exact) mass is 276 g/mol. The van der Waals surface area contributed by atoms with E-state index in [1.54, 1.807) is 13.8 Å². The molecule has 4 nitrogen and oxygen atoms in total. The number of esters is 2. The number of carbonyl (C=O) groups excluding carboxylic acids is 2. The van der Waals surface area contributed by atoms with Crippen LogP contribution in [0.5, 0.6) is 0 Å². The van der Waals surface area contributed by atoms with E-state index >= 15 is 0 Å². The molecule has 0 radical (unpaired) electrons. The minimum atomic E-state index is -1.16. The van der Waals surface area contributed by atoms with Gasteiger partial charge in [-0.2, -0.15) is 0 Å². The second kappa shape index (κ2) is 4.47. The maximum absolute atomic E-state index is 12.2. The van der Waals surface area contributed by atoms with Gasteiger partial charge >= 0.3 is 11.9 Å². The Bertz CT molecular complexity index is 487. The van der Waals surface area contributed by atoms with E-state index in [9.17, 15) is 9.59 Å². The number of allylic oxidation sites excluding steroid dienone is 2. The molecule has 1 saturated heterocycles. The lowest BCUT2D eigenvalue weighted by atomic mass is 9.65. The fraction of sp³-hybridized carbons (Fsp3) is 0.625. The molecule has 0 N–H and O–H groups in total. The van der Waals surface area contributed by atoms with Crippen molar-refractivity contribution in [1.82, 2.24) is 0 Å². The Hall–Kier alpha value is -1.58. The molecule has 2 atom stereocenters. The van der Waals surface area contributed by atoms with E-state index in [0.29, 0.717) is 0 Å². The Morgan fingerprint density at radius 2 is 1.55 bits per heavy atom. The summed E-state index contributed by atoms with van der Waals surface area (Å²) in [6, 6.07) is 0. The average Bonchev–Trinajstić information content (AvgIpc) is 2.27. The van der Waals surface area contributed by atoms with E-state index in [4.69, 9.17) is 9.47 Å². The summed E-state index contributed by atoms with van der Waals surface area (Å²) in [5, 5.41) is 0. The predicted octanol–water partition coefficient (Wildman–Crippen LogP) is 2.89. The van der Waals surface area contributed by atoms with Crippen LogP contribution in [0.25, 0.3) is 0 Å². The van der Waals surface area contributed by atoms with Gasteiger partial charge in [0.2, 0.25) is 0 Å². The molecular formula is C16H20O4. The van der Waals surface area contributed by atoms with Gasteiger partial charge in [0.05, 0.1) is 0 Å². The molecule has 2 bridgehead atoms. The summed E-state index contributed by atoms with van der Waals surface area (Å²) in [4.78, 5) is 24.5. The topological polar surface area (TPSA) is 52.6 Å². The second-order valence-electron chi connectivity index (χ2n) is 6.49. The Morgan fingerprint density at radius 1 is 1.05 bits per heavy atom. The van der Waals surface area contributed by atoms with Gasteiger partial charge in [0.25, 0.3) is 5.79 Å². The normalized spacial score (nSPS) is 32.8. The van der Waals surface area contributed by atoms with Crippen LogP contribution < -0.4 is 0 Å². The summed E-state index contributed by atoms with van der Waals surface area (Å²) in [6.45, 7) is 7.24. The lowest BCUT2D eigenvalue weighted by molar-refractivity contribution is -0.222. The predicted molar refractivity (Wildman–Crippen MR) is 72.5 cm³/mol. The second-order valence-corrected chi connectivity index (χ2v) is 6.49. The van der Waals surface area contributed by atoms with Crippen LogP contribution in [-0.2, 0) is 19.1 Å². The third kappa shape index (κ3) is 2.17. The maximum atomic E-state index is 12.2. The maximum Gasteiger partial charge on any atom is 0.348 e. The molecule has 2 unspecified atom stereocenters. The Labute approximate surface area is 118 Å². The van der Waals surface area contributed by atoms with Crippen LogP contribution in [0.4, 0.5) is 0 Å². The van der Waals surface area contributed by atoms with E-state index in [-0.39, 0.29) is 17.4 Å². The third-order valence-electron chi connectivity index (χ3n) is 4.43. The molecule has 4 heteroatoms. The zero-order valence-corrected chi connectivity index (χ0v) is 12.0. The van der Waals surface area contributed by atoms with Gasteiger partial charge in [0.15, 0.2) is 0 Å². The van der Waals surface area contributed by atoms with Gasteiger partial charge in [-0.1, -0.05) is 18.6 Å². The molecule has 3 fully saturated rings. The largest absolute Gasteiger partial charge is 0.419 e. The lowest BCUT2D eigenvalue weighted by Gasteiger charge is -2.41. The van der Waals surface area contributed by atoms with E-state index < -0.39 is 17.7 Å². The van der Waals surface area contributed by atoms with Gasteiger partial charge in [0.1, 0.15) is 5.57 Å². The molecule has 3 rings (SSSR count). The van der Waals surface area contributed by atoms with Crippen molar-refractivity contribution in [3.63, 3.8) is 0 Å². The van der Waals surface area contributed by atoms with Crippen molar-refractivity contribution in [1.29, 1.82) is 0 Å². The van der Waals surface area contributed by atoms with Gasteiger partial charge < -0.3 is 9.47 Å². The summed E-state index contributed by atoms with van der Waals surface area (Å²) < 4.78 is 10.5. The highest BCUT2D eigenvalue weighted by molar-refractivity contribution is 6.16. The molecular weight excluding hydrogens is 256 g/mol. The number of fused-ring (bicyclic) bond motifs is 2. The molecule has 0 aromatic carbocycles. The summed E-state index contributed by atoms with van der Waals surface area (Å²) >= 11 is 0. The van der Waals surface area contributed by atoms with E-state index in [1.165, 1.54) is 5.57 Å². The van der Waals surface area contributed by atoms with E-state index in [1.807, 2.05) is 0 Å². The van der Waals surface area contributed by atoms with Crippen molar-refractivity contribution < 1.29 is 19.1 Å². The molecule has 1 heterocycles. The number of rotatable bonds is 0. The highest BCUT2D eigenvalue weighted by Gasteiger charge is 2.45. The van der Waals surface area contributed by atoms with Gasteiger partial charge in [-0.25, -0.2) is 9.59 Å². The van der Waals surface area contributed by atoms with E-state index in [2.05, 4.69) is 6.58 Å². The smallest absolute Gasteiger partial charge is 0.348 e. The van der Waals surface area contributed by atoms with Crippen LogP contribution in [0.3, 0.4) is 0 Å². The van der Waals surface area contributed by atoms with Gasteiger partial charge in [0, 0.05) is 13.8 Å². The first-order valence-electron chi connectivity index (χ1n) is 7.25. The molecule has 1 aliphatic heterocycles. The molecule has 3 aliphatic rings. The Balaban J connectivity index is 2.03. The fourth-order valence-electron chi connectivity index (χ4n) is 3.76. The molecule has 0 spiro atoms. The standard InChI is InChI=1S/C16H20O4/c1-9-7-10-5-4-6-11(8-9)12(10)13-14(17)19-16(2,3)20-15(13)18/h10-11H,1,4-8H2,2-3H3. The molecule has 0 aromatic rings. The molecule has 108 valence electrons. The molecule has 2 aliphatic carbocycles. The number of ether oxygens (including phenoxy) is 2. The van der Waals surface area contributed by atoms with Crippen LogP contribution in [0, 0.1) is 11.8 Å². The van der Waals surface area contributed by atoms with Crippen molar-refractivity contribution >= 4 is 11.9 Å². The minimum absolute atomic E-state index is 0.159. The average molecular weight is 276 g/mol. The summed E-state index contributed by atoms with van der Waals surface area (Å²) in [5.74, 6) is -1.69. The van der Waals surface area contributed by atoms with Crippen molar-refractivity contribution in [3.8, 4) is 0 Å². The Kier molecular flexibility index (Phi) is 3.00. The number of carbonyl (C=O) groups is 2. The molecule has 20 heavy (non-hydrogen) atoms. The zero-order chi connectivity index (χ0) is 14.5. The Morgan fingerprint density at radius 3 is 2.05 bits per heavy atom. The van der Waals surface area contributed by atoms with Crippen molar-refractivity contribution in [3.05, 3.63) is 23.3 Å². The van der Waals surface area contributed by atoms with Crippen molar-refractivity contribution in [2.24, 2.45) is 11.8 Å². The van der Waals surface area contributed by atoms with Gasteiger partial charge in [-0.15, -0.1) is 0 Å². The SMILES string of the molecule is C=C1CC2CCCC(C1)C2=C1C(=O)OC(C)(C)OC1=O.